The first kappa shape index (κ1) is 23.6. The Morgan fingerprint density at radius 2 is 1.82 bits per heavy atom. The molecule has 34 heavy (non-hydrogen) atoms. The van der Waals surface area contributed by atoms with Gasteiger partial charge >= 0.3 is 12.1 Å². The first-order valence-electron chi connectivity index (χ1n) is 11.4. The summed E-state index contributed by atoms with van der Waals surface area (Å²) in [6.45, 7) is 1.60. The number of hydrogen-bond donors (Lipinski definition) is 2. The molecule has 0 spiro atoms. The molecule has 2 aromatic rings. The van der Waals surface area contributed by atoms with Crippen LogP contribution in [0.4, 0.5) is 4.79 Å². The van der Waals surface area contributed by atoms with Crippen LogP contribution >= 0.6 is 0 Å². The Balaban J connectivity index is 1.50. The summed E-state index contributed by atoms with van der Waals surface area (Å²) >= 11 is 0. The third kappa shape index (κ3) is 4.58. The zero-order valence-electron chi connectivity index (χ0n) is 19.5. The Kier molecular flexibility index (Phi) is 6.50. The SMILES string of the molecule is C[N+]1(C)CC[C@](CCN=[N+]=[N-])([C@@H](NC(=O)OCC2c3ccccc3-c3ccccc32)C(=O)O)C1. The molecule has 0 aromatic heterocycles. The lowest BCUT2D eigenvalue weighted by Crippen LogP contribution is -2.55. The number of carbonyl (C=O) groups is 2. The van der Waals surface area contributed by atoms with E-state index in [9.17, 15) is 14.7 Å². The number of carbonyl (C=O) groups excluding carboxylic acids is 1. The minimum Gasteiger partial charge on any atom is -0.480 e. The van der Waals surface area contributed by atoms with E-state index in [2.05, 4.69) is 27.5 Å². The van der Waals surface area contributed by atoms with Gasteiger partial charge in [0.1, 0.15) is 12.6 Å². The number of aliphatic carboxylic acids is 1. The molecule has 178 valence electrons. The molecule has 1 aliphatic heterocycles. The molecule has 9 nitrogen and oxygen atoms in total. The van der Waals surface area contributed by atoms with Crippen LogP contribution in [-0.4, -0.2) is 68.0 Å². The molecule has 1 fully saturated rings. The summed E-state index contributed by atoms with van der Waals surface area (Å²) in [6.07, 6.45) is 0.218. The number of nitrogens with one attached hydrogen (secondary N) is 1. The minimum atomic E-state index is -1.14. The van der Waals surface area contributed by atoms with Gasteiger partial charge in [-0.3, -0.25) is 0 Å². The number of quaternary nitrogens is 1. The lowest BCUT2D eigenvalue weighted by molar-refractivity contribution is -0.881. The first-order chi connectivity index (χ1) is 16.3. The summed E-state index contributed by atoms with van der Waals surface area (Å²) in [5, 5.41) is 16.3. The van der Waals surface area contributed by atoms with Crippen LogP contribution in [0.3, 0.4) is 0 Å². The Hall–Kier alpha value is -3.55. The molecule has 0 saturated carbocycles. The number of hydrogen-bond acceptors (Lipinski definition) is 4. The number of nitrogens with zero attached hydrogens (tertiary/aromatic N) is 4. The van der Waals surface area contributed by atoms with Crippen molar-refractivity contribution in [2.45, 2.75) is 24.8 Å². The molecule has 0 bridgehead atoms. The van der Waals surface area contributed by atoms with E-state index in [0.717, 1.165) is 28.8 Å². The maximum Gasteiger partial charge on any atom is 0.407 e. The molecule has 2 N–H and O–H groups in total. The second-order valence-electron chi connectivity index (χ2n) is 9.88. The van der Waals surface area contributed by atoms with Crippen LogP contribution in [0, 0.1) is 5.41 Å². The normalized spacial score (nSPS) is 21.1. The molecule has 0 radical (unpaired) electrons. The maximum atomic E-state index is 12.8. The fourth-order valence-electron chi connectivity index (χ4n) is 5.67. The van der Waals surface area contributed by atoms with E-state index in [4.69, 9.17) is 10.3 Å². The number of carboxylic acids is 1. The lowest BCUT2D eigenvalue weighted by Gasteiger charge is -2.35. The van der Waals surface area contributed by atoms with Crippen molar-refractivity contribution in [3.8, 4) is 11.1 Å². The van der Waals surface area contributed by atoms with Gasteiger partial charge in [0.05, 0.1) is 32.6 Å². The topological polar surface area (TPSA) is 124 Å². The number of ether oxygens (including phenoxy) is 1. The number of fused-ring (bicyclic) bond motifs is 3. The zero-order valence-corrected chi connectivity index (χ0v) is 19.5. The highest BCUT2D eigenvalue weighted by Gasteiger charge is 2.53. The Bertz CT molecular complexity index is 1100. The molecule has 1 amide bonds. The van der Waals surface area contributed by atoms with Crippen molar-refractivity contribution >= 4 is 12.1 Å². The molecule has 2 aromatic carbocycles. The Labute approximate surface area is 198 Å². The fraction of sp³-hybridized carbons (Fsp3) is 0.440. The Morgan fingerprint density at radius 3 is 2.35 bits per heavy atom. The third-order valence-electron chi connectivity index (χ3n) is 7.20. The van der Waals surface area contributed by atoms with E-state index in [1.54, 1.807) is 0 Å². The van der Waals surface area contributed by atoms with E-state index in [0.29, 0.717) is 23.9 Å². The summed E-state index contributed by atoms with van der Waals surface area (Å²) in [6, 6.07) is 14.9. The predicted molar refractivity (Wildman–Crippen MR) is 127 cm³/mol. The van der Waals surface area contributed by atoms with E-state index in [1.165, 1.54) is 0 Å². The van der Waals surface area contributed by atoms with Crippen molar-refractivity contribution in [1.29, 1.82) is 0 Å². The van der Waals surface area contributed by atoms with E-state index in [1.807, 2.05) is 50.5 Å². The number of carboxylic acid groups (broad SMARTS) is 1. The van der Waals surface area contributed by atoms with Gasteiger partial charge in [0.2, 0.25) is 0 Å². The highest BCUT2D eigenvalue weighted by Crippen LogP contribution is 2.44. The standard InChI is InChI=1S/C25H29N5O4/c1-30(2)14-12-25(16-30,11-13-27-29-26)22(23(31)32)28-24(33)34-15-21-19-9-5-3-7-17(19)18-8-4-6-10-20(18)21/h3-10,21-22H,11-16H2,1-2H3,(H-,28,31,32,33)/p+1/t22-,25-/m0/s1. The number of amides is 1. The highest BCUT2D eigenvalue weighted by atomic mass is 16.5. The van der Waals surface area contributed by atoms with Crippen LogP contribution in [-0.2, 0) is 9.53 Å². The number of azide groups is 1. The summed E-state index contributed by atoms with van der Waals surface area (Å²) in [7, 11) is 4.06. The summed E-state index contributed by atoms with van der Waals surface area (Å²) in [5.74, 6) is -1.22. The molecule has 0 unspecified atom stereocenters. The van der Waals surface area contributed by atoms with Gasteiger partial charge in [-0.25, -0.2) is 9.59 Å². The van der Waals surface area contributed by atoms with Gasteiger partial charge in [-0.15, -0.1) is 0 Å². The van der Waals surface area contributed by atoms with Gasteiger partial charge in [0, 0.05) is 23.8 Å². The number of alkyl carbamates (subject to hydrolysis) is 1. The summed E-state index contributed by atoms with van der Waals surface area (Å²) < 4.78 is 6.23. The summed E-state index contributed by atoms with van der Waals surface area (Å²) in [5.41, 5.74) is 12.4. The Morgan fingerprint density at radius 1 is 1.21 bits per heavy atom. The van der Waals surface area contributed by atoms with E-state index < -0.39 is 23.5 Å². The van der Waals surface area contributed by atoms with Crippen molar-refractivity contribution < 1.29 is 23.9 Å². The van der Waals surface area contributed by atoms with E-state index >= 15 is 0 Å². The second kappa shape index (κ2) is 9.37. The molecule has 1 aliphatic carbocycles. The second-order valence-corrected chi connectivity index (χ2v) is 9.88. The lowest BCUT2D eigenvalue weighted by atomic mass is 9.76. The van der Waals surface area contributed by atoms with Crippen molar-refractivity contribution in [3.63, 3.8) is 0 Å². The van der Waals surface area contributed by atoms with Crippen molar-refractivity contribution in [2.75, 3.05) is 40.3 Å². The van der Waals surface area contributed by atoms with Crippen LogP contribution in [0.25, 0.3) is 21.6 Å². The first-order valence-corrected chi connectivity index (χ1v) is 11.4. The molecule has 2 aliphatic rings. The monoisotopic (exact) mass is 464 g/mol. The minimum absolute atomic E-state index is 0.109. The molecule has 2 atom stereocenters. The predicted octanol–water partition coefficient (Wildman–Crippen LogP) is 4.15. The molecule has 1 heterocycles. The van der Waals surface area contributed by atoms with Crippen LogP contribution in [0.15, 0.2) is 53.6 Å². The van der Waals surface area contributed by atoms with Crippen molar-refractivity contribution in [2.24, 2.45) is 10.5 Å². The quantitative estimate of drug-likeness (QED) is 0.264. The van der Waals surface area contributed by atoms with Gasteiger partial charge in [0.15, 0.2) is 0 Å². The van der Waals surface area contributed by atoms with Gasteiger partial charge in [0.25, 0.3) is 0 Å². The van der Waals surface area contributed by atoms with Crippen LogP contribution in [0.1, 0.15) is 29.9 Å². The van der Waals surface area contributed by atoms with Crippen molar-refractivity contribution in [3.05, 3.63) is 70.1 Å². The van der Waals surface area contributed by atoms with Crippen molar-refractivity contribution in [1.82, 2.24) is 5.32 Å². The number of rotatable bonds is 8. The summed E-state index contributed by atoms with van der Waals surface area (Å²) in [4.78, 5) is 27.9. The molecular formula is C25H30N5O4+. The highest BCUT2D eigenvalue weighted by molar-refractivity contribution is 5.81. The molecule has 1 saturated heterocycles. The largest absolute Gasteiger partial charge is 0.480 e. The van der Waals surface area contributed by atoms with Crippen LogP contribution < -0.4 is 5.32 Å². The van der Waals surface area contributed by atoms with E-state index in [-0.39, 0.29) is 19.1 Å². The van der Waals surface area contributed by atoms with Crippen LogP contribution in [0.5, 0.6) is 0 Å². The molecular weight excluding hydrogens is 434 g/mol. The molecule has 4 rings (SSSR count). The smallest absolute Gasteiger partial charge is 0.407 e. The average molecular weight is 465 g/mol. The number of likely N-dealkylation sites (tertiary alicyclic amines) is 1. The van der Waals surface area contributed by atoms with Gasteiger partial charge in [-0.1, -0.05) is 53.6 Å². The number of benzene rings is 2. The fourth-order valence-corrected chi connectivity index (χ4v) is 5.67. The van der Waals surface area contributed by atoms with Gasteiger partial charge in [-0.2, -0.15) is 0 Å². The average Bonchev–Trinajstić information content (AvgIpc) is 3.30. The van der Waals surface area contributed by atoms with Gasteiger partial charge in [-0.05, 0) is 34.2 Å². The third-order valence-corrected chi connectivity index (χ3v) is 7.20. The van der Waals surface area contributed by atoms with Crippen LogP contribution in [0.2, 0.25) is 0 Å². The molecule has 9 heteroatoms. The zero-order chi connectivity index (χ0) is 24.3. The van der Waals surface area contributed by atoms with Gasteiger partial charge < -0.3 is 19.6 Å². The maximum absolute atomic E-state index is 12.8.